The van der Waals surface area contributed by atoms with Gasteiger partial charge in [0.15, 0.2) is 0 Å². The Morgan fingerprint density at radius 2 is 2.14 bits per heavy atom. The van der Waals surface area contributed by atoms with Crippen LogP contribution in [0.2, 0.25) is 0 Å². The molecule has 2 heterocycles. The van der Waals surface area contributed by atoms with Gasteiger partial charge in [-0.1, -0.05) is 23.5 Å². The number of thiazole rings is 1. The molecule has 7 heteroatoms. The molecule has 0 fully saturated rings. The molecule has 1 aliphatic heterocycles. The van der Waals surface area contributed by atoms with Crippen LogP contribution in [0.5, 0.6) is 0 Å². The second kappa shape index (κ2) is 5.61. The second-order valence-corrected chi connectivity index (χ2v) is 5.74. The first-order chi connectivity index (χ1) is 10.1. The van der Waals surface area contributed by atoms with Crippen molar-refractivity contribution in [2.45, 2.75) is 25.7 Å². The van der Waals surface area contributed by atoms with Crippen molar-refractivity contribution < 1.29 is 14.7 Å². The van der Waals surface area contributed by atoms with Crippen LogP contribution in [0, 0.1) is 0 Å². The minimum Gasteiger partial charge on any atom is -0.481 e. The summed E-state index contributed by atoms with van der Waals surface area (Å²) >= 11 is 1.40. The largest absolute Gasteiger partial charge is 0.481 e. The van der Waals surface area contributed by atoms with E-state index in [1.54, 1.807) is 0 Å². The van der Waals surface area contributed by atoms with Crippen molar-refractivity contribution in [3.63, 3.8) is 0 Å². The summed E-state index contributed by atoms with van der Waals surface area (Å²) < 4.78 is 0.994. The number of hydrogen-bond acceptors (Lipinski definition) is 5. The van der Waals surface area contributed by atoms with Gasteiger partial charge in [-0.3, -0.25) is 9.59 Å². The number of aromatic nitrogens is 1. The second-order valence-electron chi connectivity index (χ2n) is 4.73. The number of carbonyl (C=O) groups is 2. The molecule has 2 aromatic rings. The van der Waals surface area contributed by atoms with Gasteiger partial charge >= 0.3 is 5.97 Å². The van der Waals surface area contributed by atoms with Gasteiger partial charge in [-0.15, -0.1) is 0 Å². The van der Waals surface area contributed by atoms with Crippen LogP contribution in [0.4, 0.5) is 5.13 Å². The molecule has 1 N–H and O–H groups in total. The number of aliphatic carboxylic acids is 1. The number of carboxylic acid groups (broad SMARTS) is 1. The van der Waals surface area contributed by atoms with Crippen molar-refractivity contribution in [1.82, 2.24) is 4.98 Å². The Bertz CT molecular complexity index is 705. The molecule has 0 unspecified atom stereocenters. The van der Waals surface area contributed by atoms with Gasteiger partial charge in [-0.25, -0.2) is 4.98 Å². The maximum Gasteiger partial charge on any atom is 0.303 e. The van der Waals surface area contributed by atoms with Crippen LogP contribution in [-0.4, -0.2) is 27.7 Å². The van der Waals surface area contributed by atoms with Gasteiger partial charge < -0.3 is 5.11 Å². The minimum atomic E-state index is -0.860. The molecule has 1 aromatic heterocycles. The van der Waals surface area contributed by atoms with Crippen molar-refractivity contribution in [1.29, 1.82) is 0 Å². The first-order valence-corrected chi connectivity index (χ1v) is 7.42. The summed E-state index contributed by atoms with van der Waals surface area (Å²) in [5, 5.41) is 14.9. The number of amides is 1. The van der Waals surface area contributed by atoms with Crippen LogP contribution in [0.3, 0.4) is 0 Å². The number of carbonyl (C=O) groups excluding carboxylic acids is 1. The smallest absolute Gasteiger partial charge is 0.303 e. The van der Waals surface area contributed by atoms with E-state index in [0.29, 0.717) is 24.4 Å². The lowest BCUT2D eigenvalue weighted by Crippen LogP contribution is -2.31. The summed E-state index contributed by atoms with van der Waals surface area (Å²) in [6.45, 7) is 0. The van der Waals surface area contributed by atoms with Gasteiger partial charge in [-0.05, 0) is 25.0 Å². The summed E-state index contributed by atoms with van der Waals surface area (Å²) in [5.74, 6) is -0.964. The van der Waals surface area contributed by atoms with E-state index in [1.165, 1.54) is 16.3 Å². The number of rotatable bonds is 4. The van der Waals surface area contributed by atoms with Gasteiger partial charge in [0.1, 0.15) is 0 Å². The Kier molecular flexibility index (Phi) is 3.66. The van der Waals surface area contributed by atoms with Gasteiger partial charge in [-0.2, -0.15) is 10.1 Å². The zero-order chi connectivity index (χ0) is 14.8. The predicted molar refractivity (Wildman–Crippen MR) is 80.6 cm³/mol. The SMILES string of the molecule is O=C(O)CCC1=NN(c2nc3ccccc3s2)C(=O)CC1. The van der Waals surface area contributed by atoms with Gasteiger partial charge in [0, 0.05) is 12.1 Å². The lowest BCUT2D eigenvalue weighted by atomic mass is 10.1. The Morgan fingerprint density at radius 1 is 1.33 bits per heavy atom. The molecule has 0 aliphatic carbocycles. The van der Waals surface area contributed by atoms with E-state index < -0.39 is 5.97 Å². The first kappa shape index (κ1) is 13.7. The molecule has 21 heavy (non-hydrogen) atoms. The average molecular weight is 303 g/mol. The molecule has 0 radical (unpaired) electrons. The van der Waals surface area contributed by atoms with Gasteiger partial charge in [0.05, 0.1) is 16.6 Å². The highest BCUT2D eigenvalue weighted by molar-refractivity contribution is 7.22. The molecule has 0 saturated heterocycles. The molecule has 1 amide bonds. The van der Waals surface area contributed by atoms with E-state index >= 15 is 0 Å². The number of hydrogen-bond donors (Lipinski definition) is 1. The lowest BCUT2D eigenvalue weighted by molar-refractivity contribution is -0.136. The van der Waals surface area contributed by atoms with Crippen molar-refractivity contribution in [2.75, 3.05) is 5.01 Å². The van der Waals surface area contributed by atoms with E-state index in [1.807, 2.05) is 24.3 Å². The Morgan fingerprint density at radius 3 is 2.90 bits per heavy atom. The van der Waals surface area contributed by atoms with Crippen LogP contribution >= 0.6 is 11.3 Å². The van der Waals surface area contributed by atoms with Crippen molar-refractivity contribution >= 4 is 44.3 Å². The Balaban J connectivity index is 1.89. The summed E-state index contributed by atoms with van der Waals surface area (Å²) in [7, 11) is 0. The van der Waals surface area contributed by atoms with Crippen molar-refractivity contribution in [3.05, 3.63) is 24.3 Å². The van der Waals surface area contributed by atoms with Crippen molar-refractivity contribution in [2.24, 2.45) is 5.10 Å². The zero-order valence-corrected chi connectivity index (χ0v) is 12.0. The Hall–Kier alpha value is -2.28. The number of benzene rings is 1. The van der Waals surface area contributed by atoms with Crippen LogP contribution < -0.4 is 5.01 Å². The Labute approximate surface area is 124 Å². The molecular weight excluding hydrogens is 290 g/mol. The fourth-order valence-electron chi connectivity index (χ4n) is 2.13. The van der Waals surface area contributed by atoms with Crippen LogP contribution in [-0.2, 0) is 9.59 Å². The standard InChI is InChI=1S/C14H13N3O3S/c18-12-7-5-9(6-8-13(19)20)16-17(12)14-15-10-3-1-2-4-11(10)21-14/h1-4H,5-8H2,(H,19,20). The molecule has 108 valence electrons. The summed E-state index contributed by atoms with van der Waals surface area (Å²) in [5.41, 5.74) is 1.56. The third kappa shape index (κ3) is 2.92. The number of hydrazone groups is 1. The predicted octanol–water partition coefficient (Wildman–Crippen LogP) is 2.64. The molecule has 0 atom stereocenters. The minimum absolute atomic E-state index is 0.0285. The molecular formula is C14H13N3O3S. The van der Waals surface area contributed by atoms with E-state index in [9.17, 15) is 9.59 Å². The number of carboxylic acids is 1. The molecule has 1 aliphatic rings. The monoisotopic (exact) mass is 303 g/mol. The van der Waals surface area contributed by atoms with Crippen LogP contribution in [0.25, 0.3) is 10.2 Å². The summed E-state index contributed by atoms with van der Waals surface area (Å²) in [4.78, 5) is 27.1. The van der Waals surface area contributed by atoms with E-state index in [4.69, 9.17) is 5.11 Å². The third-order valence-electron chi connectivity index (χ3n) is 3.20. The third-order valence-corrected chi connectivity index (χ3v) is 4.21. The molecule has 0 spiro atoms. The number of fused-ring (bicyclic) bond motifs is 1. The van der Waals surface area contributed by atoms with E-state index in [0.717, 1.165) is 15.9 Å². The fraction of sp³-hybridized carbons (Fsp3) is 0.286. The van der Waals surface area contributed by atoms with E-state index in [-0.39, 0.29) is 12.3 Å². The number of para-hydroxylation sites is 1. The normalized spacial score (nSPS) is 15.3. The number of anilines is 1. The summed E-state index contributed by atoms with van der Waals surface area (Å²) in [6.07, 6.45) is 1.26. The summed E-state index contributed by atoms with van der Waals surface area (Å²) in [6, 6.07) is 7.65. The van der Waals surface area contributed by atoms with Crippen LogP contribution in [0.1, 0.15) is 25.7 Å². The van der Waals surface area contributed by atoms with Crippen molar-refractivity contribution in [3.8, 4) is 0 Å². The molecule has 0 saturated carbocycles. The maximum atomic E-state index is 12.0. The average Bonchev–Trinajstić information content (AvgIpc) is 2.90. The molecule has 1 aromatic carbocycles. The molecule has 3 rings (SSSR count). The molecule has 0 bridgehead atoms. The first-order valence-electron chi connectivity index (χ1n) is 6.60. The zero-order valence-electron chi connectivity index (χ0n) is 11.2. The lowest BCUT2D eigenvalue weighted by Gasteiger charge is -2.20. The fourth-order valence-corrected chi connectivity index (χ4v) is 3.07. The maximum absolute atomic E-state index is 12.0. The highest BCUT2D eigenvalue weighted by atomic mass is 32.1. The quantitative estimate of drug-likeness (QED) is 0.941. The van der Waals surface area contributed by atoms with Gasteiger partial charge in [0.2, 0.25) is 11.0 Å². The van der Waals surface area contributed by atoms with Gasteiger partial charge in [0.25, 0.3) is 0 Å². The molecule has 6 nitrogen and oxygen atoms in total. The number of nitrogens with zero attached hydrogens (tertiary/aromatic N) is 3. The highest BCUT2D eigenvalue weighted by Gasteiger charge is 2.24. The van der Waals surface area contributed by atoms with E-state index in [2.05, 4.69) is 10.1 Å². The highest BCUT2D eigenvalue weighted by Crippen LogP contribution is 2.30. The van der Waals surface area contributed by atoms with Crippen LogP contribution in [0.15, 0.2) is 29.4 Å². The topological polar surface area (TPSA) is 82.9 Å².